The minimum absolute atomic E-state index is 0.212. The summed E-state index contributed by atoms with van der Waals surface area (Å²) in [5.74, 6) is -0.212. The zero-order valence-corrected chi connectivity index (χ0v) is 15.4. The standard InChI is InChI=1S/C22H23N3O/c1-4-17(5-2)24-25-22(26)19-14-21(16-12-10-15(3)11-13-16)23-20-9-7-6-8-18(19)20/h6-14H,4-5H2,1-3H3,(H,25,26). The Balaban J connectivity index is 2.07. The van der Waals surface area contributed by atoms with Gasteiger partial charge in [-0.1, -0.05) is 61.9 Å². The van der Waals surface area contributed by atoms with Crippen LogP contribution >= 0.6 is 0 Å². The normalized spacial score (nSPS) is 10.6. The van der Waals surface area contributed by atoms with Crippen LogP contribution in [0.2, 0.25) is 0 Å². The molecule has 0 aliphatic carbocycles. The molecule has 1 amide bonds. The smallest absolute Gasteiger partial charge is 0.267 e. The summed E-state index contributed by atoms with van der Waals surface area (Å²) in [6, 6.07) is 17.7. The molecule has 1 N–H and O–H groups in total. The van der Waals surface area contributed by atoms with Crippen LogP contribution in [0, 0.1) is 6.92 Å². The lowest BCUT2D eigenvalue weighted by molar-refractivity contribution is 0.0956. The lowest BCUT2D eigenvalue weighted by Crippen LogP contribution is -2.20. The molecule has 0 atom stereocenters. The monoisotopic (exact) mass is 345 g/mol. The fraction of sp³-hybridized carbons (Fsp3) is 0.227. The minimum atomic E-state index is -0.212. The van der Waals surface area contributed by atoms with Gasteiger partial charge in [-0.05, 0) is 31.9 Å². The van der Waals surface area contributed by atoms with Crippen molar-refractivity contribution in [2.45, 2.75) is 33.6 Å². The molecule has 3 aromatic rings. The molecule has 0 fully saturated rings. The van der Waals surface area contributed by atoms with Crippen molar-refractivity contribution in [1.82, 2.24) is 10.4 Å². The number of hydrazone groups is 1. The van der Waals surface area contributed by atoms with Gasteiger partial charge in [0.25, 0.3) is 5.91 Å². The fourth-order valence-electron chi connectivity index (χ4n) is 2.83. The Hall–Kier alpha value is -3.01. The van der Waals surface area contributed by atoms with E-state index in [1.165, 1.54) is 5.56 Å². The number of fused-ring (bicyclic) bond motifs is 1. The molecule has 1 aromatic heterocycles. The number of benzene rings is 2. The SMILES string of the molecule is CCC(CC)=NNC(=O)c1cc(-c2ccc(C)cc2)nc2ccccc12. The molecule has 0 aliphatic heterocycles. The van der Waals surface area contributed by atoms with E-state index in [-0.39, 0.29) is 5.91 Å². The van der Waals surface area contributed by atoms with Crippen LogP contribution in [0.5, 0.6) is 0 Å². The molecular formula is C22H23N3O. The first kappa shape index (κ1) is 17.8. The molecule has 26 heavy (non-hydrogen) atoms. The van der Waals surface area contributed by atoms with Crippen LogP contribution in [0.3, 0.4) is 0 Å². The van der Waals surface area contributed by atoms with E-state index in [1.807, 2.05) is 75.4 Å². The van der Waals surface area contributed by atoms with Gasteiger partial charge < -0.3 is 0 Å². The van der Waals surface area contributed by atoms with Crippen molar-refractivity contribution in [3.05, 3.63) is 65.7 Å². The highest BCUT2D eigenvalue weighted by atomic mass is 16.2. The van der Waals surface area contributed by atoms with Crippen LogP contribution in [0.1, 0.15) is 42.6 Å². The van der Waals surface area contributed by atoms with Gasteiger partial charge in [-0.25, -0.2) is 10.4 Å². The summed E-state index contributed by atoms with van der Waals surface area (Å²) >= 11 is 0. The number of carbonyl (C=O) groups excluding carboxylic acids is 1. The third-order valence-electron chi connectivity index (χ3n) is 4.44. The Kier molecular flexibility index (Phi) is 5.42. The number of amides is 1. The molecule has 0 radical (unpaired) electrons. The summed E-state index contributed by atoms with van der Waals surface area (Å²) in [4.78, 5) is 17.5. The lowest BCUT2D eigenvalue weighted by Gasteiger charge is -2.10. The Morgan fingerprint density at radius 3 is 2.42 bits per heavy atom. The summed E-state index contributed by atoms with van der Waals surface area (Å²) in [6.07, 6.45) is 1.64. The number of aromatic nitrogens is 1. The quantitative estimate of drug-likeness (QED) is 0.516. The molecule has 0 saturated carbocycles. The number of hydrogen-bond donors (Lipinski definition) is 1. The molecule has 0 spiro atoms. The number of hydrogen-bond acceptors (Lipinski definition) is 3. The second kappa shape index (κ2) is 7.91. The van der Waals surface area contributed by atoms with E-state index in [1.54, 1.807) is 0 Å². The van der Waals surface area contributed by atoms with E-state index in [0.29, 0.717) is 5.56 Å². The van der Waals surface area contributed by atoms with Crippen LogP contribution in [0.4, 0.5) is 0 Å². The summed E-state index contributed by atoms with van der Waals surface area (Å²) in [5.41, 5.74) is 8.01. The third kappa shape index (κ3) is 3.80. The molecule has 0 saturated heterocycles. The van der Waals surface area contributed by atoms with Gasteiger partial charge in [0.2, 0.25) is 0 Å². The Labute approximate surface area is 154 Å². The Morgan fingerprint density at radius 1 is 1.04 bits per heavy atom. The summed E-state index contributed by atoms with van der Waals surface area (Å²) in [6.45, 7) is 6.12. The van der Waals surface area contributed by atoms with Crippen molar-refractivity contribution >= 4 is 22.5 Å². The van der Waals surface area contributed by atoms with Crippen molar-refractivity contribution < 1.29 is 4.79 Å². The van der Waals surface area contributed by atoms with Crippen LogP contribution in [-0.2, 0) is 0 Å². The number of rotatable bonds is 5. The molecule has 132 valence electrons. The number of para-hydroxylation sites is 1. The van der Waals surface area contributed by atoms with Crippen LogP contribution in [0.25, 0.3) is 22.2 Å². The topological polar surface area (TPSA) is 54.4 Å². The van der Waals surface area contributed by atoms with Crippen molar-refractivity contribution in [3.8, 4) is 11.3 Å². The van der Waals surface area contributed by atoms with E-state index in [9.17, 15) is 4.79 Å². The highest BCUT2D eigenvalue weighted by Gasteiger charge is 2.13. The number of carbonyl (C=O) groups is 1. The van der Waals surface area contributed by atoms with Gasteiger partial charge in [-0.2, -0.15) is 5.10 Å². The first-order valence-corrected chi connectivity index (χ1v) is 8.95. The highest BCUT2D eigenvalue weighted by molar-refractivity contribution is 6.07. The molecule has 0 bridgehead atoms. The first-order valence-electron chi connectivity index (χ1n) is 8.95. The fourth-order valence-corrected chi connectivity index (χ4v) is 2.83. The van der Waals surface area contributed by atoms with Gasteiger partial charge in [-0.15, -0.1) is 0 Å². The first-order chi connectivity index (χ1) is 12.6. The van der Waals surface area contributed by atoms with Gasteiger partial charge in [0.05, 0.1) is 16.8 Å². The predicted molar refractivity (Wildman–Crippen MR) is 107 cm³/mol. The minimum Gasteiger partial charge on any atom is -0.267 e. The molecular weight excluding hydrogens is 322 g/mol. The van der Waals surface area contributed by atoms with Crippen LogP contribution < -0.4 is 5.43 Å². The number of nitrogens with zero attached hydrogens (tertiary/aromatic N) is 2. The summed E-state index contributed by atoms with van der Waals surface area (Å²) < 4.78 is 0. The van der Waals surface area contributed by atoms with Gasteiger partial charge in [0, 0.05) is 16.7 Å². The van der Waals surface area contributed by atoms with E-state index in [0.717, 1.165) is 40.7 Å². The van der Waals surface area contributed by atoms with Gasteiger partial charge >= 0.3 is 0 Å². The molecule has 2 aromatic carbocycles. The highest BCUT2D eigenvalue weighted by Crippen LogP contribution is 2.25. The zero-order chi connectivity index (χ0) is 18.5. The molecule has 1 heterocycles. The number of aryl methyl sites for hydroxylation is 1. The largest absolute Gasteiger partial charge is 0.272 e. The summed E-state index contributed by atoms with van der Waals surface area (Å²) in [5, 5.41) is 5.08. The maximum absolute atomic E-state index is 12.8. The zero-order valence-electron chi connectivity index (χ0n) is 15.4. The molecule has 3 rings (SSSR count). The van der Waals surface area contributed by atoms with E-state index >= 15 is 0 Å². The third-order valence-corrected chi connectivity index (χ3v) is 4.44. The van der Waals surface area contributed by atoms with Crippen LogP contribution in [0.15, 0.2) is 59.7 Å². The van der Waals surface area contributed by atoms with Gasteiger partial charge in [-0.3, -0.25) is 4.79 Å². The van der Waals surface area contributed by atoms with Gasteiger partial charge in [0.1, 0.15) is 0 Å². The predicted octanol–water partition coefficient (Wildman–Crippen LogP) is 5.12. The Bertz CT molecular complexity index is 953. The van der Waals surface area contributed by atoms with Crippen molar-refractivity contribution in [2.75, 3.05) is 0 Å². The molecule has 0 unspecified atom stereocenters. The van der Waals surface area contributed by atoms with Crippen LogP contribution in [-0.4, -0.2) is 16.6 Å². The average molecular weight is 345 g/mol. The maximum atomic E-state index is 12.8. The lowest BCUT2D eigenvalue weighted by atomic mass is 10.0. The molecule has 4 heteroatoms. The van der Waals surface area contributed by atoms with Crippen molar-refractivity contribution in [3.63, 3.8) is 0 Å². The summed E-state index contributed by atoms with van der Waals surface area (Å²) in [7, 11) is 0. The molecule has 0 aliphatic rings. The van der Waals surface area contributed by atoms with Crippen molar-refractivity contribution in [2.24, 2.45) is 5.10 Å². The molecule has 4 nitrogen and oxygen atoms in total. The second-order valence-electron chi connectivity index (χ2n) is 6.26. The Morgan fingerprint density at radius 2 is 1.73 bits per heavy atom. The van der Waals surface area contributed by atoms with E-state index in [2.05, 4.69) is 10.5 Å². The number of nitrogens with one attached hydrogen (secondary N) is 1. The van der Waals surface area contributed by atoms with E-state index in [4.69, 9.17) is 4.98 Å². The number of pyridine rings is 1. The van der Waals surface area contributed by atoms with Crippen molar-refractivity contribution in [1.29, 1.82) is 0 Å². The second-order valence-corrected chi connectivity index (χ2v) is 6.26. The van der Waals surface area contributed by atoms with E-state index < -0.39 is 0 Å². The van der Waals surface area contributed by atoms with Gasteiger partial charge in [0.15, 0.2) is 0 Å². The maximum Gasteiger partial charge on any atom is 0.272 e. The average Bonchev–Trinajstić information content (AvgIpc) is 2.68.